The van der Waals surface area contributed by atoms with Gasteiger partial charge in [0.1, 0.15) is 22.3 Å². The van der Waals surface area contributed by atoms with Crippen LogP contribution >= 0.6 is 0 Å². The predicted molar refractivity (Wildman–Crippen MR) is 109 cm³/mol. The van der Waals surface area contributed by atoms with E-state index in [2.05, 4.69) is 13.4 Å². The summed E-state index contributed by atoms with van der Waals surface area (Å²) in [4.78, 5) is 15.0. The smallest absolute Gasteiger partial charge is 0.245 e. The number of para-hydroxylation sites is 1. The minimum atomic E-state index is -3.95. The molecule has 4 rings (SSSR count). The summed E-state index contributed by atoms with van der Waals surface area (Å²) in [6, 6.07) is 11.7. The largest absolute Gasteiger partial charge is 0.310 e. The van der Waals surface area contributed by atoms with E-state index in [9.17, 15) is 13.2 Å². The van der Waals surface area contributed by atoms with Crippen LogP contribution in [0.5, 0.6) is 0 Å². The molecule has 0 radical (unpaired) electrons. The lowest BCUT2D eigenvalue weighted by atomic mass is 10.0. The molecular formula is C19H20N4O3S2. The third-order valence-electron chi connectivity index (χ3n) is 4.91. The number of hydrogen-bond donors (Lipinski definition) is 1. The Morgan fingerprint density at radius 1 is 1.14 bits per heavy atom. The molecule has 2 heterocycles. The number of benzene rings is 2. The average molecular weight is 417 g/mol. The van der Waals surface area contributed by atoms with Gasteiger partial charge in [0, 0.05) is 12.2 Å². The highest BCUT2D eigenvalue weighted by atomic mass is 32.2. The van der Waals surface area contributed by atoms with Crippen molar-refractivity contribution in [2.75, 3.05) is 11.4 Å². The Balaban J connectivity index is 1.64. The molecular weight excluding hydrogens is 396 g/mol. The average Bonchev–Trinajstić information content (AvgIpc) is 3.31. The summed E-state index contributed by atoms with van der Waals surface area (Å²) < 4.78 is 37.0. The van der Waals surface area contributed by atoms with Crippen molar-refractivity contribution in [3.63, 3.8) is 0 Å². The van der Waals surface area contributed by atoms with Crippen molar-refractivity contribution < 1.29 is 13.2 Å². The molecule has 2 aromatic rings. The van der Waals surface area contributed by atoms with Crippen molar-refractivity contribution in [2.45, 2.75) is 31.2 Å². The van der Waals surface area contributed by atoms with E-state index in [4.69, 9.17) is 0 Å². The lowest BCUT2D eigenvalue weighted by Gasteiger charge is -2.27. The van der Waals surface area contributed by atoms with Gasteiger partial charge in [-0.2, -0.15) is 13.4 Å². The highest BCUT2D eigenvalue weighted by molar-refractivity contribution is 7.89. The van der Waals surface area contributed by atoms with E-state index in [-0.39, 0.29) is 16.7 Å². The number of hydrogen-bond acceptors (Lipinski definition) is 5. The van der Waals surface area contributed by atoms with Gasteiger partial charge in [0.2, 0.25) is 15.9 Å². The molecule has 0 saturated heterocycles. The molecule has 0 fully saturated rings. The molecule has 1 N–H and O–H groups in total. The van der Waals surface area contributed by atoms with E-state index < -0.39 is 16.1 Å². The van der Waals surface area contributed by atoms with Gasteiger partial charge in [0.25, 0.3) is 0 Å². The van der Waals surface area contributed by atoms with Gasteiger partial charge >= 0.3 is 0 Å². The number of carbonyl (C=O) groups excluding carboxylic acids is 1. The van der Waals surface area contributed by atoms with Crippen LogP contribution in [0.2, 0.25) is 0 Å². The number of carbonyl (C=O) groups is 1. The standard InChI is InChI=1S/C19H20N4O3S2/c1-12(2)17(19(24)23-11-10-13-6-3-4-8-15(13)23)22-28(25,26)16-9-5-7-14-18(16)21-27-20-14/h3-9,12,17,22H,10-11H2,1-2H3/t17-/m0/s1. The minimum Gasteiger partial charge on any atom is -0.310 e. The van der Waals surface area contributed by atoms with Crippen molar-refractivity contribution in [3.05, 3.63) is 48.0 Å². The molecule has 1 amide bonds. The second-order valence-electron chi connectivity index (χ2n) is 7.10. The van der Waals surface area contributed by atoms with Crippen molar-refractivity contribution in [1.82, 2.24) is 4.72 Å². The molecule has 2 aromatic carbocycles. The maximum Gasteiger partial charge on any atom is 0.245 e. The molecule has 2 aliphatic heterocycles. The number of anilines is 1. The molecule has 0 spiro atoms. The van der Waals surface area contributed by atoms with Crippen LogP contribution in [0.15, 0.2) is 56.1 Å². The van der Waals surface area contributed by atoms with Gasteiger partial charge in [-0.1, -0.05) is 38.1 Å². The molecule has 28 heavy (non-hydrogen) atoms. The summed E-state index contributed by atoms with van der Waals surface area (Å²) in [5.41, 5.74) is 2.79. The fraction of sp³-hybridized carbons (Fsp3) is 0.316. The molecule has 2 aliphatic rings. The zero-order chi connectivity index (χ0) is 19.9. The first-order chi connectivity index (χ1) is 13.4. The van der Waals surface area contributed by atoms with E-state index in [1.807, 2.05) is 38.1 Å². The lowest BCUT2D eigenvalue weighted by Crippen LogP contribution is -2.51. The van der Waals surface area contributed by atoms with Crippen molar-refractivity contribution in [2.24, 2.45) is 14.6 Å². The Morgan fingerprint density at radius 2 is 1.93 bits per heavy atom. The van der Waals surface area contributed by atoms with Gasteiger partial charge in [-0.25, -0.2) is 8.42 Å². The molecule has 0 unspecified atom stereocenters. The molecule has 7 nitrogen and oxygen atoms in total. The predicted octanol–water partition coefficient (Wildman–Crippen LogP) is 3.31. The third kappa shape index (κ3) is 3.30. The normalized spacial score (nSPS) is 16.0. The van der Waals surface area contributed by atoms with Crippen LogP contribution in [0.3, 0.4) is 0 Å². The second kappa shape index (κ2) is 7.23. The van der Waals surface area contributed by atoms with Crippen LogP contribution in [0.4, 0.5) is 17.1 Å². The number of nitrogens with zero attached hydrogens (tertiary/aromatic N) is 3. The van der Waals surface area contributed by atoms with Crippen LogP contribution in [-0.2, 0) is 32.6 Å². The maximum absolute atomic E-state index is 13.2. The van der Waals surface area contributed by atoms with E-state index in [1.54, 1.807) is 17.0 Å². The number of sulfonamides is 1. The Bertz CT molecular complexity index is 1120. The summed E-state index contributed by atoms with van der Waals surface area (Å²) in [6.45, 7) is 4.21. The van der Waals surface area contributed by atoms with E-state index in [0.717, 1.165) is 29.0 Å². The van der Waals surface area contributed by atoms with Crippen LogP contribution in [0, 0.1) is 5.92 Å². The van der Waals surface area contributed by atoms with Crippen LogP contribution < -0.4 is 9.62 Å². The molecule has 146 valence electrons. The van der Waals surface area contributed by atoms with E-state index in [0.29, 0.717) is 17.9 Å². The third-order valence-corrected chi connectivity index (χ3v) is 6.92. The summed E-state index contributed by atoms with van der Waals surface area (Å²) in [5.74, 6) is -0.463. The Hall–Kier alpha value is -2.36. The molecule has 0 bridgehead atoms. The lowest BCUT2D eigenvalue weighted by molar-refractivity contribution is -0.121. The quantitative estimate of drug-likeness (QED) is 0.692. The summed E-state index contributed by atoms with van der Waals surface area (Å²) in [5, 5.41) is 0. The Kier molecular flexibility index (Phi) is 4.90. The SMILES string of the molecule is CC(C)[C@H](NS(=O)(=O)c1cccc2c1N=S=N2)C(=O)N1CCc2ccccc21. The summed E-state index contributed by atoms with van der Waals surface area (Å²) in [6.07, 6.45) is 0.767. The fourth-order valence-electron chi connectivity index (χ4n) is 3.44. The molecule has 9 heteroatoms. The van der Waals surface area contributed by atoms with E-state index >= 15 is 0 Å². The highest BCUT2D eigenvalue weighted by Crippen LogP contribution is 2.37. The van der Waals surface area contributed by atoms with Crippen molar-refractivity contribution in [1.29, 1.82) is 0 Å². The highest BCUT2D eigenvalue weighted by Gasteiger charge is 2.35. The molecule has 0 aromatic heterocycles. The number of amides is 1. The number of fused-ring (bicyclic) bond motifs is 2. The first-order valence-electron chi connectivity index (χ1n) is 9.01. The molecule has 0 saturated carbocycles. The van der Waals surface area contributed by atoms with Crippen LogP contribution in [0.1, 0.15) is 19.4 Å². The maximum atomic E-state index is 13.2. The van der Waals surface area contributed by atoms with Crippen LogP contribution in [-0.4, -0.2) is 26.9 Å². The fourth-order valence-corrected chi connectivity index (χ4v) is 5.54. The number of rotatable bonds is 5. The van der Waals surface area contributed by atoms with Crippen LogP contribution in [0.25, 0.3) is 0 Å². The number of nitrogens with one attached hydrogen (secondary N) is 1. The molecule has 1 atom stereocenters. The van der Waals surface area contributed by atoms with Gasteiger partial charge in [-0.05, 0) is 36.1 Å². The van der Waals surface area contributed by atoms with Crippen molar-refractivity contribution >= 4 is 44.3 Å². The Morgan fingerprint density at radius 3 is 2.71 bits per heavy atom. The van der Waals surface area contributed by atoms with Crippen molar-refractivity contribution in [3.8, 4) is 0 Å². The van der Waals surface area contributed by atoms with Gasteiger partial charge in [-0.3, -0.25) is 4.79 Å². The van der Waals surface area contributed by atoms with Gasteiger partial charge in [0.15, 0.2) is 0 Å². The van der Waals surface area contributed by atoms with Gasteiger partial charge in [0.05, 0.1) is 11.4 Å². The first kappa shape index (κ1) is 19.0. The van der Waals surface area contributed by atoms with Gasteiger partial charge < -0.3 is 4.90 Å². The topological polar surface area (TPSA) is 91.2 Å². The summed E-state index contributed by atoms with van der Waals surface area (Å²) >= 11 is 0.960. The first-order valence-corrected chi connectivity index (χ1v) is 11.2. The minimum absolute atomic E-state index is 0.0408. The Labute approximate surface area is 167 Å². The zero-order valence-corrected chi connectivity index (χ0v) is 17.1. The zero-order valence-electron chi connectivity index (χ0n) is 15.5. The monoisotopic (exact) mass is 416 g/mol. The molecule has 0 aliphatic carbocycles. The summed E-state index contributed by atoms with van der Waals surface area (Å²) in [7, 11) is -3.95. The second-order valence-corrected chi connectivity index (χ2v) is 9.31. The van der Waals surface area contributed by atoms with Gasteiger partial charge in [-0.15, -0.1) is 0 Å². The van der Waals surface area contributed by atoms with E-state index in [1.165, 1.54) is 6.07 Å².